The fraction of sp³-hybridized carbons (Fsp3) is 0.364. The normalized spacial score (nSPS) is 19.1. The van der Waals surface area contributed by atoms with Gasteiger partial charge in [-0.05, 0) is 43.5 Å². The summed E-state index contributed by atoms with van der Waals surface area (Å²) in [4.78, 5) is 29.9. The van der Waals surface area contributed by atoms with Crippen LogP contribution in [0.15, 0.2) is 60.7 Å². The van der Waals surface area contributed by atoms with Crippen LogP contribution in [0.3, 0.4) is 0 Å². The minimum Gasteiger partial charge on any atom is -0.317 e. The number of imide groups is 1. The van der Waals surface area contributed by atoms with Crippen LogP contribution in [0.2, 0.25) is 0 Å². The smallest absolute Gasteiger partial charge is 0.317 e. The molecule has 2 fully saturated rings. The van der Waals surface area contributed by atoms with Gasteiger partial charge in [0.1, 0.15) is 5.54 Å². The fourth-order valence-electron chi connectivity index (χ4n) is 4.21. The minimum atomic E-state index is -0.689. The molecule has 0 aliphatic carbocycles. The Labute approximate surface area is 160 Å². The molecule has 0 saturated carbocycles. The van der Waals surface area contributed by atoms with E-state index in [0.29, 0.717) is 25.9 Å². The number of urea groups is 1. The molecular weight excluding hydrogens is 338 g/mol. The van der Waals surface area contributed by atoms with Crippen molar-refractivity contribution in [1.82, 2.24) is 15.1 Å². The summed E-state index contributed by atoms with van der Waals surface area (Å²) in [5.41, 5.74) is 1.47. The SMILES string of the molecule is O=C1N(Cc2ccccc2)C(=O)C2(CCNCC2)N1CCc1ccccc1. The standard InChI is InChI=1S/C22H25N3O2/c26-20-22(12-14-23-15-13-22)25(16-11-18-7-3-1-4-8-18)21(27)24(20)17-19-9-5-2-6-10-19/h1-10,23H,11-17H2. The second kappa shape index (κ2) is 7.53. The van der Waals surface area contributed by atoms with Crippen LogP contribution in [0.25, 0.3) is 0 Å². The van der Waals surface area contributed by atoms with Crippen molar-refractivity contribution in [2.24, 2.45) is 0 Å². The van der Waals surface area contributed by atoms with Crippen molar-refractivity contribution in [1.29, 1.82) is 0 Å². The molecular formula is C22H25N3O2. The summed E-state index contributed by atoms with van der Waals surface area (Å²) in [5.74, 6) is -0.0362. The van der Waals surface area contributed by atoms with Gasteiger partial charge in [-0.1, -0.05) is 60.7 Å². The van der Waals surface area contributed by atoms with Crippen molar-refractivity contribution in [3.05, 3.63) is 71.8 Å². The van der Waals surface area contributed by atoms with E-state index >= 15 is 0 Å². The van der Waals surface area contributed by atoms with Crippen molar-refractivity contribution in [2.45, 2.75) is 31.3 Å². The van der Waals surface area contributed by atoms with Crippen molar-refractivity contribution >= 4 is 11.9 Å². The Morgan fingerprint density at radius 2 is 1.44 bits per heavy atom. The van der Waals surface area contributed by atoms with Crippen LogP contribution in [0.1, 0.15) is 24.0 Å². The van der Waals surface area contributed by atoms with E-state index in [1.54, 1.807) is 0 Å². The Kier molecular flexibility index (Phi) is 4.94. The second-order valence-corrected chi connectivity index (χ2v) is 7.33. The molecule has 2 saturated heterocycles. The van der Waals surface area contributed by atoms with E-state index in [0.717, 1.165) is 25.1 Å². The van der Waals surface area contributed by atoms with Crippen molar-refractivity contribution < 1.29 is 9.59 Å². The molecule has 0 bridgehead atoms. The van der Waals surface area contributed by atoms with E-state index in [1.165, 1.54) is 10.5 Å². The van der Waals surface area contributed by atoms with Gasteiger partial charge < -0.3 is 10.2 Å². The van der Waals surface area contributed by atoms with E-state index in [1.807, 2.05) is 53.4 Å². The molecule has 0 atom stereocenters. The third kappa shape index (κ3) is 3.35. The topological polar surface area (TPSA) is 52.7 Å². The number of nitrogens with one attached hydrogen (secondary N) is 1. The van der Waals surface area contributed by atoms with E-state index < -0.39 is 5.54 Å². The van der Waals surface area contributed by atoms with Crippen LogP contribution >= 0.6 is 0 Å². The molecule has 2 heterocycles. The molecule has 2 aromatic rings. The first-order valence-electron chi connectivity index (χ1n) is 9.63. The lowest BCUT2D eigenvalue weighted by Crippen LogP contribution is -2.56. The lowest BCUT2D eigenvalue weighted by atomic mass is 9.86. The van der Waals surface area contributed by atoms with E-state index in [-0.39, 0.29) is 11.9 Å². The van der Waals surface area contributed by atoms with Crippen LogP contribution in [-0.2, 0) is 17.8 Å². The lowest BCUT2D eigenvalue weighted by molar-refractivity contribution is -0.134. The largest absolute Gasteiger partial charge is 0.328 e. The molecule has 0 radical (unpaired) electrons. The summed E-state index contributed by atoms with van der Waals surface area (Å²) in [6, 6.07) is 19.7. The average Bonchev–Trinajstić information content (AvgIpc) is 2.90. The maximum Gasteiger partial charge on any atom is 0.328 e. The quantitative estimate of drug-likeness (QED) is 0.831. The predicted octanol–water partition coefficient (Wildman–Crippen LogP) is 2.82. The van der Waals surface area contributed by atoms with Crippen LogP contribution in [0, 0.1) is 0 Å². The van der Waals surface area contributed by atoms with Gasteiger partial charge in [-0.2, -0.15) is 0 Å². The molecule has 2 aromatic carbocycles. The monoisotopic (exact) mass is 363 g/mol. The van der Waals surface area contributed by atoms with Crippen LogP contribution in [0.5, 0.6) is 0 Å². The first-order chi connectivity index (χ1) is 13.2. The van der Waals surface area contributed by atoms with Crippen LogP contribution in [-0.4, -0.2) is 46.9 Å². The average molecular weight is 363 g/mol. The van der Waals surface area contributed by atoms with Gasteiger partial charge in [0, 0.05) is 6.54 Å². The number of nitrogens with zero attached hydrogens (tertiary/aromatic N) is 2. The Bertz CT molecular complexity index is 801. The van der Waals surface area contributed by atoms with E-state index in [2.05, 4.69) is 17.4 Å². The van der Waals surface area contributed by atoms with E-state index in [4.69, 9.17) is 0 Å². The minimum absolute atomic E-state index is 0.0362. The molecule has 5 nitrogen and oxygen atoms in total. The highest BCUT2D eigenvalue weighted by molar-refractivity contribution is 6.07. The van der Waals surface area contributed by atoms with Gasteiger partial charge in [0.05, 0.1) is 6.54 Å². The van der Waals surface area contributed by atoms with Crippen LogP contribution < -0.4 is 5.32 Å². The zero-order chi connectivity index (χ0) is 18.7. The number of amides is 3. The van der Waals surface area contributed by atoms with E-state index in [9.17, 15) is 9.59 Å². The highest BCUT2D eigenvalue weighted by Crippen LogP contribution is 2.36. The molecule has 1 N–H and O–H groups in total. The maximum atomic E-state index is 13.4. The number of carbonyl (C=O) groups is 2. The Hall–Kier alpha value is -2.66. The lowest BCUT2D eigenvalue weighted by Gasteiger charge is -2.38. The zero-order valence-corrected chi connectivity index (χ0v) is 15.4. The predicted molar refractivity (Wildman–Crippen MR) is 104 cm³/mol. The molecule has 4 rings (SSSR count). The van der Waals surface area contributed by atoms with Gasteiger partial charge in [0.2, 0.25) is 0 Å². The zero-order valence-electron chi connectivity index (χ0n) is 15.4. The Morgan fingerprint density at radius 3 is 2.07 bits per heavy atom. The Morgan fingerprint density at radius 1 is 0.852 bits per heavy atom. The summed E-state index contributed by atoms with van der Waals surface area (Å²) in [6.07, 6.45) is 2.11. The summed E-state index contributed by atoms with van der Waals surface area (Å²) < 4.78 is 0. The first-order valence-corrected chi connectivity index (χ1v) is 9.63. The first kappa shape index (κ1) is 17.7. The third-order valence-electron chi connectivity index (χ3n) is 5.70. The molecule has 0 unspecified atom stereocenters. The molecule has 5 heteroatoms. The highest BCUT2D eigenvalue weighted by atomic mass is 16.2. The molecule has 2 aliphatic heterocycles. The summed E-state index contributed by atoms with van der Waals surface area (Å²) >= 11 is 0. The molecule has 0 aromatic heterocycles. The fourth-order valence-corrected chi connectivity index (χ4v) is 4.21. The van der Waals surface area contributed by atoms with Gasteiger partial charge in [-0.3, -0.25) is 9.69 Å². The van der Waals surface area contributed by atoms with Gasteiger partial charge in [0.25, 0.3) is 5.91 Å². The number of benzene rings is 2. The van der Waals surface area contributed by atoms with Gasteiger partial charge in [-0.15, -0.1) is 0 Å². The molecule has 1 spiro atoms. The second-order valence-electron chi connectivity index (χ2n) is 7.33. The van der Waals surface area contributed by atoms with Gasteiger partial charge >= 0.3 is 6.03 Å². The number of hydrogen-bond acceptors (Lipinski definition) is 3. The van der Waals surface area contributed by atoms with Crippen molar-refractivity contribution in [3.8, 4) is 0 Å². The molecule has 2 aliphatic rings. The number of piperidine rings is 1. The molecule has 27 heavy (non-hydrogen) atoms. The number of hydrogen-bond donors (Lipinski definition) is 1. The van der Waals surface area contributed by atoms with Crippen LogP contribution in [0.4, 0.5) is 4.79 Å². The summed E-state index contributed by atoms with van der Waals surface area (Å²) in [7, 11) is 0. The molecule has 140 valence electrons. The van der Waals surface area contributed by atoms with Crippen molar-refractivity contribution in [2.75, 3.05) is 19.6 Å². The van der Waals surface area contributed by atoms with Gasteiger partial charge in [-0.25, -0.2) is 4.79 Å². The number of carbonyl (C=O) groups excluding carboxylic acids is 2. The maximum absolute atomic E-state index is 13.4. The molecule has 3 amide bonds. The number of rotatable bonds is 5. The van der Waals surface area contributed by atoms with Crippen molar-refractivity contribution in [3.63, 3.8) is 0 Å². The van der Waals surface area contributed by atoms with Gasteiger partial charge in [0.15, 0.2) is 0 Å². The highest BCUT2D eigenvalue weighted by Gasteiger charge is 2.56. The summed E-state index contributed by atoms with van der Waals surface area (Å²) in [6.45, 7) is 2.44. The summed E-state index contributed by atoms with van der Waals surface area (Å²) in [5, 5.41) is 3.32. The Balaban J connectivity index is 1.58. The third-order valence-corrected chi connectivity index (χ3v) is 5.70.